The van der Waals surface area contributed by atoms with Gasteiger partial charge in [-0.1, -0.05) is 12.1 Å². The Labute approximate surface area is 194 Å². The molecule has 0 bridgehead atoms. The molecule has 9 nitrogen and oxygen atoms in total. The van der Waals surface area contributed by atoms with Crippen molar-refractivity contribution in [1.29, 1.82) is 0 Å². The van der Waals surface area contributed by atoms with E-state index in [1.807, 2.05) is 24.3 Å². The Morgan fingerprint density at radius 2 is 2.00 bits per heavy atom. The summed E-state index contributed by atoms with van der Waals surface area (Å²) in [6.45, 7) is 0.208. The number of H-pyrrole nitrogens is 1. The minimum absolute atomic E-state index is 0.0181. The lowest BCUT2D eigenvalue weighted by Gasteiger charge is -2.09. The van der Waals surface area contributed by atoms with Gasteiger partial charge in [-0.05, 0) is 18.2 Å². The molecule has 0 aliphatic rings. The second-order valence-electron chi connectivity index (χ2n) is 7.66. The average Bonchev–Trinajstić information content (AvgIpc) is 3.49. The molecule has 0 saturated carbocycles. The molecule has 0 unspecified atom stereocenters. The number of carbonyl (C=O) groups is 1. The third kappa shape index (κ3) is 4.23. The topological polar surface area (TPSA) is 127 Å². The minimum Gasteiger partial charge on any atom is -0.382 e. The Morgan fingerprint density at radius 3 is 2.71 bits per heavy atom. The first-order chi connectivity index (χ1) is 16.7. The standard InChI is InChI=1S/C22H16F4N8O/c23-15-8-12(22(24,25)26)9-29-19(15)21(35)28-5-6-34-10-14-13-2-1-11(16-3-4-30-32-16)7-17(13)31-20(27)18(14)33-34/h1-4,7-10H,5-6H2,(H2,27,31)(H,28,35)(H,30,32). The second kappa shape index (κ2) is 8.34. The molecule has 0 spiro atoms. The SMILES string of the molecule is Nc1nc2cc(-c3ccn[nH]3)ccc2c2cn(CCNC(=O)c3ncc(C(F)(F)F)cc3F)nc12. The van der Waals surface area contributed by atoms with Gasteiger partial charge in [0.05, 0.1) is 23.3 Å². The highest BCUT2D eigenvalue weighted by atomic mass is 19.4. The molecule has 0 atom stereocenters. The molecule has 5 aromatic rings. The number of fused-ring (bicyclic) bond motifs is 3. The molecule has 4 heterocycles. The number of nitrogens with zero attached hydrogens (tertiary/aromatic N) is 5. The molecule has 4 N–H and O–H groups in total. The fraction of sp³-hybridized carbons (Fsp3) is 0.136. The number of aromatic amines is 1. The molecule has 13 heteroatoms. The number of alkyl halides is 3. The highest BCUT2D eigenvalue weighted by molar-refractivity contribution is 6.08. The van der Waals surface area contributed by atoms with Crippen LogP contribution in [0.1, 0.15) is 16.1 Å². The van der Waals surface area contributed by atoms with Gasteiger partial charge in [0.15, 0.2) is 17.3 Å². The summed E-state index contributed by atoms with van der Waals surface area (Å²) in [6, 6.07) is 7.76. The van der Waals surface area contributed by atoms with Gasteiger partial charge in [0.2, 0.25) is 0 Å². The van der Waals surface area contributed by atoms with Crippen LogP contribution < -0.4 is 11.1 Å². The summed E-state index contributed by atoms with van der Waals surface area (Å²) in [7, 11) is 0. The lowest BCUT2D eigenvalue weighted by Crippen LogP contribution is -2.29. The van der Waals surface area contributed by atoms with Crippen molar-refractivity contribution in [3.8, 4) is 11.3 Å². The lowest BCUT2D eigenvalue weighted by atomic mass is 10.1. The van der Waals surface area contributed by atoms with Gasteiger partial charge in [-0.2, -0.15) is 23.4 Å². The quantitative estimate of drug-likeness (QED) is 0.328. The van der Waals surface area contributed by atoms with Gasteiger partial charge < -0.3 is 11.1 Å². The molecule has 0 fully saturated rings. The van der Waals surface area contributed by atoms with Crippen molar-refractivity contribution in [2.75, 3.05) is 12.3 Å². The molecular formula is C22H16F4N8O. The first-order valence-electron chi connectivity index (χ1n) is 10.3. The van der Waals surface area contributed by atoms with Crippen LogP contribution in [0.5, 0.6) is 0 Å². The van der Waals surface area contributed by atoms with Crippen molar-refractivity contribution in [1.82, 2.24) is 35.3 Å². The van der Waals surface area contributed by atoms with Gasteiger partial charge >= 0.3 is 6.18 Å². The van der Waals surface area contributed by atoms with Gasteiger partial charge in [-0.3, -0.25) is 14.6 Å². The summed E-state index contributed by atoms with van der Waals surface area (Å²) in [5.74, 6) is -2.07. The van der Waals surface area contributed by atoms with Crippen LogP contribution in [0.25, 0.3) is 33.1 Å². The first-order valence-corrected chi connectivity index (χ1v) is 10.3. The summed E-state index contributed by atoms with van der Waals surface area (Å²) in [5, 5.41) is 15.2. The van der Waals surface area contributed by atoms with Crippen LogP contribution in [-0.2, 0) is 12.7 Å². The Hall–Kier alpha value is -4.55. The van der Waals surface area contributed by atoms with Crippen molar-refractivity contribution in [2.24, 2.45) is 0 Å². The van der Waals surface area contributed by atoms with Crippen LogP contribution in [0, 0.1) is 5.82 Å². The summed E-state index contributed by atoms with van der Waals surface area (Å²) < 4.78 is 53.5. The minimum atomic E-state index is -4.76. The predicted octanol–water partition coefficient (Wildman–Crippen LogP) is 3.54. The van der Waals surface area contributed by atoms with Crippen LogP contribution in [0.3, 0.4) is 0 Å². The zero-order valence-electron chi connectivity index (χ0n) is 17.8. The number of nitrogens with one attached hydrogen (secondary N) is 2. The van der Waals surface area contributed by atoms with Crippen molar-refractivity contribution >= 4 is 33.5 Å². The molecule has 0 saturated heterocycles. The maximum absolute atomic E-state index is 14.0. The molecule has 35 heavy (non-hydrogen) atoms. The Morgan fingerprint density at radius 1 is 1.17 bits per heavy atom. The van der Waals surface area contributed by atoms with Crippen molar-refractivity contribution in [3.05, 3.63) is 66.0 Å². The number of benzene rings is 1. The van der Waals surface area contributed by atoms with Gasteiger partial charge in [-0.25, -0.2) is 14.4 Å². The highest BCUT2D eigenvalue weighted by Gasteiger charge is 2.32. The zero-order chi connectivity index (χ0) is 24.7. The number of carbonyl (C=O) groups excluding carboxylic acids is 1. The van der Waals surface area contributed by atoms with E-state index in [0.717, 1.165) is 22.0 Å². The van der Waals surface area contributed by atoms with E-state index in [-0.39, 0.29) is 25.0 Å². The van der Waals surface area contributed by atoms with Crippen LogP contribution in [-0.4, -0.2) is 42.4 Å². The number of anilines is 1. The Bertz CT molecular complexity index is 1560. The summed E-state index contributed by atoms with van der Waals surface area (Å²) in [5.41, 5.74) is 6.98. The number of halogens is 4. The maximum atomic E-state index is 14.0. The number of rotatable bonds is 5. The van der Waals surface area contributed by atoms with E-state index in [4.69, 9.17) is 5.73 Å². The zero-order valence-corrected chi connectivity index (χ0v) is 17.8. The highest BCUT2D eigenvalue weighted by Crippen LogP contribution is 2.30. The number of hydrogen-bond acceptors (Lipinski definition) is 6. The number of nitrogen functional groups attached to an aromatic ring is 1. The molecular weight excluding hydrogens is 468 g/mol. The largest absolute Gasteiger partial charge is 0.417 e. The molecule has 178 valence electrons. The lowest BCUT2D eigenvalue weighted by molar-refractivity contribution is -0.138. The first kappa shape index (κ1) is 22.3. The predicted molar refractivity (Wildman–Crippen MR) is 119 cm³/mol. The van der Waals surface area contributed by atoms with Crippen LogP contribution in [0.15, 0.2) is 48.9 Å². The normalized spacial score (nSPS) is 11.9. The summed E-state index contributed by atoms with van der Waals surface area (Å²) in [4.78, 5) is 19.9. The van der Waals surface area contributed by atoms with Gasteiger partial charge in [0.1, 0.15) is 5.52 Å². The van der Waals surface area contributed by atoms with E-state index in [1.165, 1.54) is 0 Å². The van der Waals surface area contributed by atoms with Gasteiger partial charge in [0.25, 0.3) is 5.91 Å². The third-order valence-electron chi connectivity index (χ3n) is 5.35. The Balaban J connectivity index is 1.33. The van der Waals surface area contributed by atoms with Crippen molar-refractivity contribution < 1.29 is 22.4 Å². The number of pyridine rings is 2. The maximum Gasteiger partial charge on any atom is 0.417 e. The number of amides is 1. The van der Waals surface area contributed by atoms with E-state index in [0.29, 0.717) is 17.2 Å². The molecule has 5 rings (SSSR count). The molecule has 0 aliphatic carbocycles. The van der Waals surface area contributed by atoms with E-state index < -0.39 is 29.2 Å². The van der Waals surface area contributed by atoms with E-state index in [2.05, 4.69) is 30.6 Å². The Kier molecular flexibility index (Phi) is 5.30. The third-order valence-corrected chi connectivity index (χ3v) is 5.35. The average molecular weight is 484 g/mol. The van der Waals surface area contributed by atoms with Crippen molar-refractivity contribution in [3.63, 3.8) is 0 Å². The molecule has 0 aliphatic heterocycles. The van der Waals surface area contributed by atoms with E-state index in [1.54, 1.807) is 17.1 Å². The molecule has 1 aromatic carbocycles. The van der Waals surface area contributed by atoms with E-state index >= 15 is 0 Å². The number of hydrogen-bond donors (Lipinski definition) is 3. The number of nitrogens with two attached hydrogens (primary N) is 1. The van der Waals surface area contributed by atoms with Gasteiger partial charge in [-0.15, -0.1) is 0 Å². The van der Waals surface area contributed by atoms with Gasteiger partial charge in [0, 0.05) is 41.5 Å². The van der Waals surface area contributed by atoms with Crippen LogP contribution in [0.4, 0.5) is 23.4 Å². The summed E-state index contributed by atoms with van der Waals surface area (Å²) >= 11 is 0. The monoisotopic (exact) mass is 484 g/mol. The fourth-order valence-corrected chi connectivity index (χ4v) is 3.67. The van der Waals surface area contributed by atoms with E-state index in [9.17, 15) is 22.4 Å². The fourth-order valence-electron chi connectivity index (χ4n) is 3.67. The van der Waals surface area contributed by atoms with Crippen LogP contribution in [0.2, 0.25) is 0 Å². The number of aromatic nitrogens is 6. The van der Waals surface area contributed by atoms with Crippen molar-refractivity contribution in [2.45, 2.75) is 12.7 Å². The van der Waals surface area contributed by atoms with Crippen LogP contribution >= 0.6 is 0 Å². The molecule has 4 aromatic heterocycles. The smallest absolute Gasteiger partial charge is 0.382 e. The molecule has 0 radical (unpaired) electrons. The second-order valence-corrected chi connectivity index (χ2v) is 7.66. The summed E-state index contributed by atoms with van der Waals surface area (Å²) in [6.07, 6.45) is -0.951. The molecule has 1 amide bonds.